The van der Waals surface area contributed by atoms with Gasteiger partial charge in [0.05, 0.1) is 12.7 Å². The summed E-state index contributed by atoms with van der Waals surface area (Å²) in [6.45, 7) is 8.95. The molecule has 2 saturated carbocycles. The van der Waals surface area contributed by atoms with Crippen LogP contribution in [-0.4, -0.2) is 70.1 Å². The first-order valence-corrected chi connectivity index (χ1v) is 15.2. The highest BCUT2D eigenvalue weighted by Gasteiger charge is 2.79. The Kier molecular flexibility index (Phi) is 5.93. The van der Waals surface area contributed by atoms with Crippen molar-refractivity contribution in [2.75, 3.05) is 25.1 Å². The monoisotopic (exact) mass is 568 g/mol. The molecule has 9 heteroatoms. The Morgan fingerprint density at radius 1 is 1.17 bits per heavy atom. The maximum Gasteiger partial charge on any atom is 0.316 e. The number of rotatable bonds is 3. The van der Waals surface area contributed by atoms with E-state index in [4.69, 9.17) is 4.74 Å². The van der Waals surface area contributed by atoms with Gasteiger partial charge in [-0.3, -0.25) is 14.5 Å². The minimum atomic E-state index is -1.35. The molecule has 4 aliphatic heterocycles. The summed E-state index contributed by atoms with van der Waals surface area (Å²) in [7, 11) is 0. The molecular weight excluding hydrogens is 527 g/mol. The summed E-state index contributed by atoms with van der Waals surface area (Å²) in [5.74, 6) is -2.08. The lowest BCUT2D eigenvalue weighted by Crippen LogP contribution is -2.59. The summed E-state index contributed by atoms with van der Waals surface area (Å²) < 4.78 is 20.5. The number of aliphatic hydroxyl groups excluding tert-OH is 3. The molecule has 0 aromatic heterocycles. The van der Waals surface area contributed by atoms with Crippen molar-refractivity contribution < 1.29 is 34.0 Å². The minimum Gasteiger partial charge on any atom is -0.462 e. The average Bonchev–Trinajstić information content (AvgIpc) is 3.66. The Labute approximate surface area is 239 Å². The number of aliphatic hydroxyl groups is 3. The van der Waals surface area contributed by atoms with Gasteiger partial charge < -0.3 is 25.4 Å². The number of benzene rings is 1. The van der Waals surface area contributed by atoms with Gasteiger partial charge in [-0.25, -0.2) is 4.39 Å². The highest BCUT2D eigenvalue weighted by Crippen LogP contribution is 2.69. The predicted molar refractivity (Wildman–Crippen MR) is 148 cm³/mol. The molecule has 2 spiro atoms. The minimum absolute atomic E-state index is 0.00468. The molecule has 222 valence electrons. The van der Waals surface area contributed by atoms with Crippen LogP contribution in [0.3, 0.4) is 0 Å². The molecule has 2 unspecified atom stereocenters. The second-order valence-electron chi connectivity index (χ2n) is 14.1. The Balaban J connectivity index is 1.43. The van der Waals surface area contributed by atoms with Crippen LogP contribution < -0.4 is 5.32 Å². The van der Waals surface area contributed by atoms with E-state index in [2.05, 4.69) is 23.7 Å². The smallest absolute Gasteiger partial charge is 0.316 e. The van der Waals surface area contributed by atoms with Crippen LogP contribution in [0, 0.1) is 39.8 Å². The van der Waals surface area contributed by atoms with Crippen LogP contribution >= 0.6 is 0 Å². The van der Waals surface area contributed by atoms with Crippen LogP contribution in [0.1, 0.15) is 64.4 Å². The molecule has 0 bridgehead atoms. The quantitative estimate of drug-likeness (QED) is 0.327. The first kappa shape index (κ1) is 27.5. The lowest BCUT2D eigenvalue weighted by molar-refractivity contribution is -0.161. The number of nitrogens with zero attached hydrogens (tertiary/aromatic N) is 1. The van der Waals surface area contributed by atoms with E-state index in [1.165, 1.54) is 12.1 Å². The van der Waals surface area contributed by atoms with Crippen molar-refractivity contribution in [1.29, 1.82) is 0 Å². The van der Waals surface area contributed by atoms with Gasteiger partial charge >= 0.3 is 5.97 Å². The summed E-state index contributed by atoms with van der Waals surface area (Å²) in [4.78, 5) is 30.4. The number of carbonyl (C=O) groups excluding carboxylic acids is 2. The summed E-state index contributed by atoms with van der Waals surface area (Å²) in [5, 5.41) is 36.2. The van der Waals surface area contributed by atoms with Crippen molar-refractivity contribution in [2.24, 2.45) is 34.0 Å². The van der Waals surface area contributed by atoms with E-state index in [1.807, 2.05) is 6.92 Å². The van der Waals surface area contributed by atoms with Crippen molar-refractivity contribution in [3.05, 3.63) is 41.7 Å². The van der Waals surface area contributed by atoms with Crippen LogP contribution in [0.2, 0.25) is 0 Å². The van der Waals surface area contributed by atoms with Crippen molar-refractivity contribution in [3.8, 4) is 0 Å². The third-order valence-corrected chi connectivity index (χ3v) is 12.8. The van der Waals surface area contributed by atoms with Gasteiger partial charge in [-0.15, -0.1) is 0 Å². The van der Waals surface area contributed by atoms with Crippen molar-refractivity contribution >= 4 is 17.6 Å². The Morgan fingerprint density at radius 2 is 1.95 bits per heavy atom. The number of halogens is 1. The SMILES string of the molecule is C=C1CC[C@@H]2[C@](C)(CO)[C@H](O)CC[C@]2(C)[C@@H]1CC1[C@@]2(C(=O)OC[C@H]2O)C2CCCN2[C@]12C(=O)Nc1ccc(F)cc12. The number of hydrogen-bond acceptors (Lipinski definition) is 7. The zero-order valence-electron chi connectivity index (χ0n) is 23.9. The summed E-state index contributed by atoms with van der Waals surface area (Å²) in [6, 6.07) is 3.91. The molecule has 1 amide bonds. The predicted octanol–water partition coefficient (Wildman–Crippen LogP) is 3.10. The normalized spacial score (nSPS) is 47.0. The standard InChI is InChI=1S/C32H41FN2O6/c1-17-6-9-22-29(2,11-10-25(37)30(22,3)16-36)19(17)14-23-31(26(38)15-41-28(31)40)24-5-4-12-35(24)32(23)20-13-18(33)7-8-21(20)34-27(32)39/h7-8,13,19,22-26,36-38H,1,4-6,9-12,14-16H2,2-3H3,(H,34,39)/t19-,22+,23?,24?,25-,26-,29-,30+,31-,32+/m1/s1. The van der Waals surface area contributed by atoms with Crippen LogP contribution in [0.15, 0.2) is 30.4 Å². The lowest BCUT2D eigenvalue weighted by atomic mass is 9.44. The highest BCUT2D eigenvalue weighted by molar-refractivity contribution is 6.07. The average molecular weight is 569 g/mol. The molecular formula is C32H41FN2O6. The maximum atomic E-state index is 14.9. The van der Waals surface area contributed by atoms with Gasteiger partial charge in [0.2, 0.25) is 5.91 Å². The first-order valence-electron chi connectivity index (χ1n) is 15.2. The second-order valence-corrected chi connectivity index (χ2v) is 14.1. The van der Waals surface area contributed by atoms with E-state index < -0.39 is 52.3 Å². The van der Waals surface area contributed by atoms with Gasteiger partial charge in [-0.1, -0.05) is 26.0 Å². The van der Waals surface area contributed by atoms with Crippen LogP contribution in [0.25, 0.3) is 0 Å². The molecule has 0 radical (unpaired) electrons. The lowest BCUT2D eigenvalue weighted by Gasteiger charge is -2.60. The number of amides is 1. The third kappa shape index (κ3) is 3.13. The molecule has 1 aromatic carbocycles. The molecule has 3 saturated heterocycles. The molecule has 7 rings (SSSR count). The van der Waals surface area contributed by atoms with Gasteiger partial charge in [0.1, 0.15) is 29.5 Å². The maximum absolute atomic E-state index is 14.9. The number of cyclic esters (lactones) is 1. The van der Waals surface area contributed by atoms with Crippen molar-refractivity contribution in [3.63, 3.8) is 0 Å². The van der Waals surface area contributed by atoms with E-state index in [0.29, 0.717) is 49.9 Å². The molecule has 2 aliphatic carbocycles. The molecule has 8 nitrogen and oxygen atoms in total. The second kappa shape index (κ2) is 8.85. The van der Waals surface area contributed by atoms with E-state index in [-0.39, 0.29) is 36.4 Å². The largest absolute Gasteiger partial charge is 0.462 e. The van der Waals surface area contributed by atoms with Crippen molar-refractivity contribution in [1.82, 2.24) is 4.90 Å². The number of fused-ring (bicyclic) bond motifs is 6. The Bertz CT molecular complexity index is 1340. The summed E-state index contributed by atoms with van der Waals surface area (Å²) in [6.07, 6.45) is 2.76. The number of anilines is 1. The molecule has 5 fully saturated rings. The Hall–Kier alpha value is -2.33. The fraction of sp³-hybridized carbons (Fsp3) is 0.688. The molecule has 6 aliphatic rings. The zero-order valence-corrected chi connectivity index (χ0v) is 23.9. The number of nitrogens with one attached hydrogen (secondary N) is 1. The van der Waals surface area contributed by atoms with E-state index >= 15 is 0 Å². The highest BCUT2D eigenvalue weighted by atomic mass is 19.1. The van der Waals surface area contributed by atoms with Gasteiger partial charge in [-0.2, -0.15) is 0 Å². The summed E-state index contributed by atoms with van der Waals surface area (Å²) >= 11 is 0. The number of allylic oxidation sites excluding steroid dienone is 1. The number of ether oxygens (including phenoxy) is 1. The zero-order chi connectivity index (χ0) is 29.1. The molecule has 4 N–H and O–H groups in total. The number of esters is 1. The number of carbonyl (C=O) groups is 2. The molecule has 10 atom stereocenters. The molecule has 4 heterocycles. The fourth-order valence-corrected chi connectivity index (χ4v) is 10.9. The van der Waals surface area contributed by atoms with Crippen molar-refractivity contribution in [2.45, 2.75) is 82.6 Å². The van der Waals surface area contributed by atoms with Crippen LogP contribution in [0.5, 0.6) is 0 Å². The van der Waals surface area contributed by atoms with Crippen LogP contribution in [-0.2, 0) is 19.9 Å². The van der Waals surface area contributed by atoms with Gasteiger partial charge in [-0.05, 0) is 86.9 Å². The molecule has 1 aromatic rings. The van der Waals surface area contributed by atoms with Gasteiger partial charge in [0.25, 0.3) is 0 Å². The third-order valence-electron chi connectivity index (χ3n) is 12.8. The van der Waals surface area contributed by atoms with Crippen LogP contribution in [0.4, 0.5) is 10.1 Å². The fourth-order valence-electron chi connectivity index (χ4n) is 10.9. The van der Waals surface area contributed by atoms with E-state index in [9.17, 15) is 29.3 Å². The van der Waals surface area contributed by atoms with E-state index in [1.54, 1.807) is 6.07 Å². The molecule has 41 heavy (non-hydrogen) atoms. The van der Waals surface area contributed by atoms with Gasteiger partial charge in [0.15, 0.2) is 0 Å². The summed E-state index contributed by atoms with van der Waals surface area (Å²) in [5.41, 5.74) is -1.68. The number of hydrogen-bond donors (Lipinski definition) is 4. The van der Waals surface area contributed by atoms with E-state index in [0.717, 1.165) is 18.4 Å². The Morgan fingerprint density at radius 3 is 2.66 bits per heavy atom. The first-order chi connectivity index (χ1) is 19.5. The topological polar surface area (TPSA) is 119 Å². The van der Waals surface area contributed by atoms with Gasteiger partial charge in [0, 0.05) is 28.6 Å².